The molecule has 0 atom stereocenters. The lowest BCUT2D eigenvalue weighted by molar-refractivity contribution is -0.121. The Balaban J connectivity index is 1.50. The number of hydrogen-bond acceptors (Lipinski definition) is 3. The van der Waals surface area contributed by atoms with Crippen molar-refractivity contribution in [2.75, 3.05) is 25.0 Å². The van der Waals surface area contributed by atoms with Crippen LogP contribution in [0.4, 0.5) is 5.69 Å². The standard InChI is InChI=1S/C22H24Cl2N2O2/c1-2-12-28-20-5-3-4-19(14-20)25-22(27)16-8-10-26(11-9-16)15-17-6-7-18(23)13-21(17)24/h2-7,13-14,16H,1,8-12,15H2,(H,25,27). The molecule has 2 aromatic rings. The summed E-state index contributed by atoms with van der Waals surface area (Å²) < 4.78 is 5.52. The number of amides is 1. The largest absolute Gasteiger partial charge is 0.489 e. The monoisotopic (exact) mass is 418 g/mol. The molecule has 0 saturated carbocycles. The highest BCUT2D eigenvalue weighted by Gasteiger charge is 2.25. The number of nitrogens with one attached hydrogen (secondary N) is 1. The number of likely N-dealkylation sites (tertiary alicyclic amines) is 1. The fraction of sp³-hybridized carbons (Fsp3) is 0.318. The van der Waals surface area contributed by atoms with E-state index < -0.39 is 0 Å². The highest BCUT2D eigenvalue weighted by molar-refractivity contribution is 6.35. The fourth-order valence-corrected chi connectivity index (χ4v) is 3.78. The summed E-state index contributed by atoms with van der Waals surface area (Å²) in [5.41, 5.74) is 1.81. The molecule has 1 N–H and O–H groups in total. The molecule has 1 heterocycles. The number of halogens is 2. The van der Waals surface area contributed by atoms with E-state index in [0.717, 1.165) is 43.7 Å². The second kappa shape index (κ2) is 9.97. The van der Waals surface area contributed by atoms with Crippen molar-refractivity contribution in [1.29, 1.82) is 0 Å². The molecule has 148 valence electrons. The van der Waals surface area contributed by atoms with Gasteiger partial charge in [-0.05, 0) is 55.8 Å². The zero-order valence-electron chi connectivity index (χ0n) is 15.7. The highest BCUT2D eigenvalue weighted by Crippen LogP contribution is 2.26. The Morgan fingerprint density at radius 1 is 1.21 bits per heavy atom. The minimum absolute atomic E-state index is 0.00897. The summed E-state index contributed by atoms with van der Waals surface area (Å²) in [7, 11) is 0. The van der Waals surface area contributed by atoms with Crippen molar-refractivity contribution < 1.29 is 9.53 Å². The van der Waals surface area contributed by atoms with Crippen LogP contribution >= 0.6 is 23.2 Å². The first kappa shape index (κ1) is 20.7. The molecule has 0 aliphatic carbocycles. The SMILES string of the molecule is C=CCOc1cccc(NC(=O)C2CCN(Cc3ccc(Cl)cc3Cl)CC2)c1. The van der Waals surface area contributed by atoms with E-state index in [4.69, 9.17) is 27.9 Å². The molecule has 0 unspecified atom stereocenters. The Bertz CT molecular complexity index is 833. The average molecular weight is 419 g/mol. The zero-order valence-corrected chi connectivity index (χ0v) is 17.2. The van der Waals surface area contributed by atoms with E-state index in [1.165, 1.54) is 0 Å². The lowest BCUT2D eigenvalue weighted by Gasteiger charge is -2.31. The van der Waals surface area contributed by atoms with Gasteiger partial charge in [-0.2, -0.15) is 0 Å². The molecule has 0 radical (unpaired) electrons. The number of benzene rings is 2. The number of anilines is 1. The van der Waals surface area contributed by atoms with Crippen LogP contribution in [0.25, 0.3) is 0 Å². The molecular formula is C22H24Cl2N2O2. The van der Waals surface area contributed by atoms with Gasteiger partial charge in [-0.25, -0.2) is 0 Å². The predicted octanol–water partition coefficient (Wildman–Crippen LogP) is 5.41. The van der Waals surface area contributed by atoms with E-state index >= 15 is 0 Å². The van der Waals surface area contributed by atoms with E-state index in [1.54, 1.807) is 12.1 Å². The second-order valence-electron chi connectivity index (χ2n) is 6.90. The summed E-state index contributed by atoms with van der Waals surface area (Å²) in [5.74, 6) is 0.784. The lowest BCUT2D eigenvalue weighted by atomic mass is 9.95. The molecular weight excluding hydrogens is 395 g/mol. The predicted molar refractivity (Wildman–Crippen MR) is 115 cm³/mol. The quantitative estimate of drug-likeness (QED) is 0.611. The smallest absolute Gasteiger partial charge is 0.227 e. The first-order valence-corrected chi connectivity index (χ1v) is 10.1. The van der Waals surface area contributed by atoms with E-state index in [2.05, 4.69) is 16.8 Å². The molecule has 1 amide bonds. The third-order valence-corrected chi connectivity index (χ3v) is 5.42. The molecule has 1 fully saturated rings. The summed E-state index contributed by atoms with van der Waals surface area (Å²) in [5, 5.41) is 4.34. The Labute approximate surface area is 176 Å². The summed E-state index contributed by atoms with van der Waals surface area (Å²) in [6.07, 6.45) is 3.34. The van der Waals surface area contributed by atoms with Crippen molar-refractivity contribution in [1.82, 2.24) is 4.90 Å². The van der Waals surface area contributed by atoms with Crippen molar-refractivity contribution in [3.8, 4) is 5.75 Å². The van der Waals surface area contributed by atoms with Crippen LogP contribution in [0.2, 0.25) is 10.0 Å². The van der Waals surface area contributed by atoms with Crippen molar-refractivity contribution >= 4 is 34.8 Å². The van der Waals surface area contributed by atoms with Gasteiger partial charge in [-0.15, -0.1) is 0 Å². The first-order chi connectivity index (χ1) is 13.5. The van der Waals surface area contributed by atoms with E-state index in [9.17, 15) is 4.79 Å². The Morgan fingerprint density at radius 3 is 2.71 bits per heavy atom. The van der Waals surface area contributed by atoms with Crippen LogP contribution in [0.15, 0.2) is 55.1 Å². The maximum absolute atomic E-state index is 12.6. The minimum Gasteiger partial charge on any atom is -0.489 e. The van der Waals surface area contributed by atoms with Crippen molar-refractivity contribution in [3.05, 3.63) is 70.7 Å². The second-order valence-corrected chi connectivity index (χ2v) is 7.75. The molecule has 0 aromatic heterocycles. The molecule has 0 spiro atoms. The van der Waals surface area contributed by atoms with Crippen LogP contribution < -0.4 is 10.1 Å². The Hall–Kier alpha value is -2.01. The number of piperidine rings is 1. The number of hydrogen-bond donors (Lipinski definition) is 1. The molecule has 1 saturated heterocycles. The molecule has 6 heteroatoms. The van der Waals surface area contributed by atoms with Crippen LogP contribution in [-0.2, 0) is 11.3 Å². The van der Waals surface area contributed by atoms with Gasteiger partial charge in [0.1, 0.15) is 12.4 Å². The maximum atomic E-state index is 12.6. The molecule has 28 heavy (non-hydrogen) atoms. The minimum atomic E-state index is 0.00897. The van der Waals surface area contributed by atoms with Gasteiger partial charge in [0.05, 0.1) is 0 Å². The van der Waals surface area contributed by atoms with E-state index in [0.29, 0.717) is 22.4 Å². The van der Waals surface area contributed by atoms with Gasteiger partial charge in [0.2, 0.25) is 5.91 Å². The lowest BCUT2D eigenvalue weighted by Crippen LogP contribution is -2.37. The number of rotatable bonds is 7. The van der Waals surface area contributed by atoms with Gasteiger partial charge in [0, 0.05) is 34.3 Å². The van der Waals surface area contributed by atoms with Crippen LogP contribution in [0.5, 0.6) is 5.75 Å². The van der Waals surface area contributed by atoms with Gasteiger partial charge in [-0.3, -0.25) is 9.69 Å². The van der Waals surface area contributed by atoms with Gasteiger partial charge in [0.15, 0.2) is 0 Å². The fourth-order valence-electron chi connectivity index (χ4n) is 3.31. The molecule has 0 bridgehead atoms. The Morgan fingerprint density at radius 2 is 2.00 bits per heavy atom. The zero-order chi connectivity index (χ0) is 19.9. The van der Waals surface area contributed by atoms with Gasteiger partial charge >= 0.3 is 0 Å². The van der Waals surface area contributed by atoms with Gasteiger partial charge in [-0.1, -0.05) is 48.0 Å². The molecule has 4 nitrogen and oxygen atoms in total. The maximum Gasteiger partial charge on any atom is 0.227 e. The molecule has 1 aliphatic rings. The van der Waals surface area contributed by atoms with Crippen LogP contribution in [0, 0.1) is 5.92 Å². The third-order valence-electron chi connectivity index (χ3n) is 4.84. The average Bonchev–Trinajstić information content (AvgIpc) is 2.69. The summed E-state index contributed by atoms with van der Waals surface area (Å²) in [6.45, 7) is 6.57. The number of carbonyl (C=O) groups excluding carboxylic acids is 1. The summed E-state index contributed by atoms with van der Waals surface area (Å²) >= 11 is 12.2. The molecule has 1 aliphatic heterocycles. The summed E-state index contributed by atoms with van der Waals surface area (Å²) in [4.78, 5) is 14.9. The first-order valence-electron chi connectivity index (χ1n) is 9.36. The Kier molecular flexibility index (Phi) is 7.37. The van der Waals surface area contributed by atoms with Crippen LogP contribution in [0.1, 0.15) is 18.4 Å². The molecule has 2 aromatic carbocycles. The number of nitrogens with zero attached hydrogens (tertiary/aromatic N) is 1. The number of carbonyl (C=O) groups is 1. The normalized spacial score (nSPS) is 15.2. The van der Waals surface area contributed by atoms with Crippen LogP contribution in [-0.4, -0.2) is 30.5 Å². The highest BCUT2D eigenvalue weighted by atomic mass is 35.5. The van der Waals surface area contributed by atoms with E-state index in [1.807, 2.05) is 36.4 Å². The van der Waals surface area contributed by atoms with Crippen molar-refractivity contribution in [2.24, 2.45) is 5.92 Å². The van der Waals surface area contributed by atoms with E-state index in [-0.39, 0.29) is 11.8 Å². The number of ether oxygens (including phenoxy) is 1. The van der Waals surface area contributed by atoms with Crippen molar-refractivity contribution in [3.63, 3.8) is 0 Å². The van der Waals surface area contributed by atoms with Crippen LogP contribution in [0.3, 0.4) is 0 Å². The third kappa shape index (κ3) is 5.74. The topological polar surface area (TPSA) is 41.6 Å². The van der Waals surface area contributed by atoms with Gasteiger partial charge < -0.3 is 10.1 Å². The summed E-state index contributed by atoms with van der Waals surface area (Å²) in [6, 6.07) is 13.0. The van der Waals surface area contributed by atoms with Crippen molar-refractivity contribution in [2.45, 2.75) is 19.4 Å². The van der Waals surface area contributed by atoms with Gasteiger partial charge in [0.25, 0.3) is 0 Å². The molecule has 3 rings (SSSR count).